The Labute approximate surface area is 207 Å². The van der Waals surface area contributed by atoms with E-state index in [1.165, 1.54) is 30.7 Å². The van der Waals surface area contributed by atoms with E-state index in [0.717, 1.165) is 70.7 Å². The van der Waals surface area contributed by atoms with Gasteiger partial charge >= 0.3 is 6.01 Å². The van der Waals surface area contributed by atoms with Gasteiger partial charge in [0.05, 0.1) is 36.7 Å². The molecule has 0 spiro atoms. The number of hydrogen-bond acceptors (Lipinski definition) is 8. The van der Waals surface area contributed by atoms with Gasteiger partial charge in [0.1, 0.15) is 15.8 Å². The third-order valence-electron chi connectivity index (χ3n) is 6.64. The monoisotopic (exact) mass is 505 g/mol. The van der Waals surface area contributed by atoms with Crippen LogP contribution in [0.1, 0.15) is 26.2 Å². The summed E-state index contributed by atoms with van der Waals surface area (Å²) < 4.78 is 23.9. The van der Waals surface area contributed by atoms with Crippen LogP contribution in [0, 0.1) is 5.92 Å². The molecule has 0 aliphatic carbocycles. The second-order valence-electron chi connectivity index (χ2n) is 9.16. The number of aromatic nitrogens is 3. The number of rotatable bonds is 2. The van der Waals surface area contributed by atoms with Crippen molar-refractivity contribution in [3.8, 4) is 6.01 Å². The second kappa shape index (κ2) is 10.3. The van der Waals surface area contributed by atoms with E-state index in [-0.39, 0.29) is 0 Å². The molecule has 3 fully saturated rings. The highest BCUT2D eigenvalue weighted by molar-refractivity contribution is 7.26. The number of ether oxygens (including phenoxy) is 2. The molecule has 0 bridgehead atoms. The van der Waals surface area contributed by atoms with Crippen molar-refractivity contribution in [3.05, 3.63) is 29.3 Å². The van der Waals surface area contributed by atoms with Crippen LogP contribution < -0.4 is 9.64 Å². The van der Waals surface area contributed by atoms with Crippen LogP contribution in [0.15, 0.2) is 24.2 Å². The van der Waals surface area contributed by atoms with Crippen LogP contribution in [0.3, 0.4) is 0 Å². The van der Waals surface area contributed by atoms with Crippen LogP contribution in [-0.4, -0.2) is 72.4 Å². The van der Waals surface area contributed by atoms with Crippen molar-refractivity contribution in [2.45, 2.75) is 32.2 Å². The molecule has 3 saturated heterocycles. The summed E-state index contributed by atoms with van der Waals surface area (Å²) in [5.41, 5.74) is 0.990. The third kappa shape index (κ3) is 4.71. The van der Waals surface area contributed by atoms with Crippen molar-refractivity contribution in [2.24, 2.45) is 5.92 Å². The number of anilines is 1. The van der Waals surface area contributed by atoms with Crippen LogP contribution in [0.5, 0.6) is 6.01 Å². The van der Waals surface area contributed by atoms with E-state index < -0.39 is 0 Å². The smallest absolute Gasteiger partial charge is 0.319 e. The highest BCUT2D eigenvalue weighted by atomic mass is 35.5. The normalized spacial score (nSPS) is 24.4. The van der Waals surface area contributed by atoms with Crippen LogP contribution in [0.2, 0.25) is 5.15 Å². The van der Waals surface area contributed by atoms with Gasteiger partial charge < -0.3 is 14.4 Å². The van der Waals surface area contributed by atoms with Gasteiger partial charge in [-0.15, -0.1) is 11.3 Å². The lowest BCUT2D eigenvalue weighted by Crippen LogP contribution is -2.30. The number of nitrogens with zero attached hydrogens (tertiary/aromatic N) is 5. The summed E-state index contributed by atoms with van der Waals surface area (Å²) >= 11 is 7.79. The molecule has 10 heteroatoms. The molecule has 34 heavy (non-hydrogen) atoms. The summed E-state index contributed by atoms with van der Waals surface area (Å²) in [5, 5.41) is 2.53. The van der Waals surface area contributed by atoms with E-state index in [2.05, 4.69) is 31.7 Å². The molecule has 3 aliphatic rings. The zero-order chi connectivity index (χ0) is 23.7. The number of methoxy groups -OCH3 is 1. The number of halogens is 2. The van der Waals surface area contributed by atoms with Crippen LogP contribution in [-0.2, 0) is 4.74 Å². The molecule has 7 nitrogen and oxygen atoms in total. The van der Waals surface area contributed by atoms with Gasteiger partial charge in [-0.05, 0) is 43.4 Å². The van der Waals surface area contributed by atoms with Crippen LogP contribution >= 0.6 is 22.9 Å². The van der Waals surface area contributed by atoms with E-state index in [9.17, 15) is 4.39 Å². The maximum Gasteiger partial charge on any atom is 0.319 e. The zero-order valence-corrected chi connectivity index (χ0v) is 21.0. The largest absolute Gasteiger partial charge is 0.467 e. The molecule has 0 radical (unpaired) electrons. The average molecular weight is 506 g/mol. The molecule has 6 rings (SSSR count). The Morgan fingerprint density at radius 2 is 2.21 bits per heavy atom. The fourth-order valence-corrected chi connectivity index (χ4v) is 6.38. The summed E-state index contributed by atoms with van der Waals surface area (Å²) in [6, 6.07) is 3.02. The Hall–Kier alpha value is -2.07. The van der Waals surface area contributed by atoms with Gasteiger partial charge in [0, 0.05) is 37.3 Å². The lowest BCUT2D eigenvalue weighted by Gasteiger charge is -2.24. The predicted octanol–water partition coefficient (Wildman–Crippen LogP) is 5.08. The molecule has 6 heterocycles. The summed E-state index contributed by atoms with van der Waals surface area (Å²) in [4.78, 5) is 18.8. The van der Waals surface area contributed by atoms with E-state index in [1.54, 1.807) is 13.3 Å². The van der Waals surface area contributed by atoms with Gasteiger partial charge in [-0.2, -0.15) is 9.97 Å². The summed E-state index contributed by atoms with van der Waals surface area (Å²) in [5.74, 6) is 1.31. The molecule has 0 amide bonds. The lowest BCUT2D eigenvalue weighted by molar-refractivity contribution is 0.129. The minimum absolute atomic E-state index is 0.367. The van der Waals surface area contributed by atoms with Gasteiger partial charge in [0.15, 0.2) is 0 Å². The molecule has 3 aromatic heterocycles. The first-order valence-electron chi connectivity index (χ1n) is 11.7. The molecule has 3 aromatic rings. The molecule has 2 unspecified atom stereocenters. The van der Waals surface area contributed by atoms with Crippen molar-refractivity contribution >= 4 is 49.1 Å². The quantitative estimate of drug-likeness (QED) is 0.450. The summed E-state index contributed by atoms with van der Waals surface area (Å²) in [7, 11) is 1.58. The molecule has 0 N–H and O–H groups in total. The first-order chi connectivity index (χ1) is 16.6. The minimum atomic E-state index is 0.367. The molecule has 182 valence electrons. The predicted molar refractivity (Wildman–Crippen MR) is 135 cm³/mol. The standard InChI is InChI=1S/C16H17ClN4O2S.C8H12FN/c1-9-7-21(5-6-23-8-9)14-11-10-3-4-18-13(17)12(10)24-15(11)20-16(19-14)22-2;9-5-7-4-8-2-1-3-10(8)6-7/h3-4,9H,5-8H2,1-2H3;5,8H,1-4,6H2/b;7-5-. The van der Waals surface area contributed by atoms with E-state index in [4.69, 9.17) is 21.1 Å². The van der Waals surface area contributed by atoms with E-state index in [1.807, 2.05) is 6.07 Å². The maximum absolute atomic E-state index is 12.0. The third-order valence-corrected chi connectivity index (χ3v) is 8.15. The Morgan fingerprint density at radius 3 is 3.00 bits per heavy atom. The van der Waals surface area contributed by atoms with Crippen molar-refractivity contribution < 1.29 is 13.9 Å². The fourth-order valence-electron chi connectivity index (χ4n) is 5.07. The number of hydrogen-bond donors (Lipinski definition) is 0. The van der Waals surface area contributed by atoms with Crippen molar-refractivity contribution in [3.63, 3.8) is 0 Å². The molecule has 0 saturated carbocycles. The van der Waals surface area contributed by atoms with Gasteiger partial charge in [0.25, 0.3) is 0 Å². The summed E-state index contributed by atoms with van der Waals surface area (Å²) in [6.45, 7) is 7.37. The second-order valence-corrected chi connectivity index (χ2v) is 10.5. The first kappa shape index (κ1) is 23.7. The molecule has 2 atom stereocenters. The first-order valence-corrected chi connectivity index (χ1v) is 12.9. The van der Waals surface area contributed by atoms with E-state index in [0.29, 0.717) is 29.7 Å². The molecular formula is C24H29ClFN5O2S. The Kier molecular flexibility index (Phi) is 7.15. The fraction of sp³-hybridized carbons (Fsp3) is 0.542. The van der Waals surface area contributed by atoms with Crippen LogP contribution in [0.4, 0.5) is 10.2 Å². The van der Waals surface area contributed by atoms with Gasteiger partial charge in [-0.1, -0.05) is 18.5 Å². The maximum atomic E-state index is 12.0. The van der Waals surface area contributed by atoms with Gasteiger partial charge in [-0.3, -0.25) is 4.90 Å². The van der Waals surface area contributed by atoms with Crippen molar-refractivity contribution in [2.75, 3.05) is 51.4 Å². The Bertz CT molecular complexity index is 1190. The number of fused-ring (bicyclic) bond motifs is 4. The molecular weight excluding hydrogens is 477 g/mol. The molecule has 0 aromatic carbocycles. The molecule has 3 aliphatic heterocycles. The highest BCUT2D eigenvalue weighted by Gasteiger charge is 2.31. The van der Waals surface area contributed by atoms with Gasteiger partial charge in [0.2, 0.25) is 0 Å². The SMILES string of the molecule is COc1nc(N2CCOCC(C)C2)c2c(n1)sc1c(Cl)nccc12.F/C=C1/CC2CCCN2C1. The Balaban J connectivity index is 0.000000200. The Morgan fingerprint density at radius 1 is 1.32 bits per heavy atom. The summed E-state index contributed by atoms with van der Waals surface area (Å²) in [6.07, 6.45) is 6.08. The average Bonchev–Trinajstić information content (AvgIpc) is 3.50. The van der Waals surface area contributed by atoms with Crippen LogP contribution in [0.25, 0.3) is 20.3 Å². The highest BCUT2D eigenvalue weighted by Crippen LogP contribution is 2.41. The van der Waals surface area contributed by atoms with E-state index >= 15 is 0 Å². The minimum Gasteiger partial charge on any atom is -0.467 e. The lowest BCUT2D eigenvalue weighted by atomic mass is 10.1. The number of pyridine rings is 1. The zero-order valence-electron chi connectivity index (χ0n) is 19.5. The van der Waals surface area contributed by atoms with Crippen molar-refractivity contribution in [1.29, 1.82) is 0 Å². The van der Waals surface area contributed by atoms with Gasteiger partial charge in [-0.25, -0.2) is 9.37 Å². The van der Waals surface area contributed by atoms with Crippen molar-refractivity contribution in [1.82, 2.24) is 19.9 Å². The number of thiophene rings is 1. The topological polar surface area (TPSA) is 63.6 Å².